The monoisotopic (exact) mass is 473 g/mol. The topological polar surface area (TPSA) is 20.3 Å². The van der Waals surface area contributed by atoms with E-state index >= 15 is 0 Å². The van der Waals surface area contributed by atoms with Crippen LogP contribution in [0.3, 0.4) is 0 Å². The van der Waals surface area contributed by atoms with Crippen LogP contribution in [0.15, 0.2) is 18.2 Å². The van der Waals surface area contributed by atoms with E-state index in [1.165, 1.54) is 0 Å². The van der Waals surface area contributed by atoms with Crippen LogP contribution in [0.5, 0.6) is 0 Å². The minimum Gasteiger partial charge on any atom is -0.336 e. The Labute approximate surface area is 177 Å². The maximum absolute atomic E-state index is 14.4. The van der Waals surface area contributed by atoms with E-state index in [-0.39, 0.29) is 36.3 Å². The first-order valence-corrected chi connectivity index (χ1v) is 10.3. The molecule has 178 valence electrons. The molecule has 1 aromatic carbocycles. The van der Waals surface area contributed by atoms with Crippen LogP contribution in [0.2, 0.25) is 0 Å². The molecule has 11 heteroatoms. The highest BCUT2D eigenvalue weighted by Crippen LogP contribution is 2.55. The summed E-state index contributed by atoms with van der Waals surface area (Å²) >= 11 is 0. The minimum atomic E-state index is -6.18. The Morgan fingerprint density at radius 1 is 0.969 bits per heavy atom. The van der Waals surface area contributed by atoms with Gasteiger partial charge in [0.15, 0.2) is 0 Å². The summed E-state index contributed by atoms with van der Waals surface area (Å²) in [5.41, 5.74) is -6.31. The maximum Gasteiger partial charge on any atom is 0.435 e. The molecule has 3 atom stereocenters. The standard InChI is InChI=1S/C21H20F9NO/c22-18(23)7-8-31(10-18)17(32)16-6-5-14-13-4-2-12(9-11(13)1-3-15(14)16)19(24,20(25,26)27)21(28,29)30/h2,4,9,14-16H,1,3,5-8,10H2/t14?,15?,16-/m1/s1. The van der Waals surface area contributed by atoms with Crippen molar-refractivity contribution in [2.75, 3.05) is 13.1 Å². The molecule has 0 spiro atoms. The Morgan fingerprint density at radius 3 is 2.19 bits per heavy atom. The first-order valence-electron chi connectivity index (χ1n) is 10.3. The van der Waals surface area contributed by atoms with Crippen molar-refractivity contribution in [2.24, 2.45) is 11.8 Å². The lowest BCUT2D eigenvalue weighted by molar-refractivity contribution is -0.348. The predicted molar refractivity (Wildman–Crippen MR) is 94.8 cm³/mol. The second-order valence-electron chi connectivity index (χ2n) is 8.93. The third-order valence-electron chi connectivity index (χ3n) is 7.09. The molecule has 4 rings (SSSR count). The second-order valence-corrected chi connectivity index (χ2v) is 8.93. The zero-order chi connectivity index (χ0) is 23.7. The van der Waals surface area contributed by atoms with Crippen LogP contribution in [-0.2, 0) is 16.9 Å². The Kier molecular flexibility index (Phi) is 5.28. The van der Waals surface area contributed by atoms with Crippen molar-refractivity contribution in [1.29, 1.82) is 0 Å². The molecule has 1 amide bonds. The number of hydrogen-bond donors (Lipinski definition) is 0. The summed E-state index contributed by atoms with van der Waals surface area (Å²) in [7, 11) is 0. The molecule has 0 bridgehead atoms. The molecule has 2 unspecified atom stereocenters. The molecular weight excluding hydrogens is 453 g/mol. The van der Waals surface area contributed by atoms with Crippen molar-refractivity contribution in [3.8, 4) is 0 Å². The number of carbonyl (C=O) groups excluding carboxylic acids is 1. The van der Waals surface area contributed by atoms with Gasteiger partial charge in [0.1, 0.15) is 0 Å². The first kappa shape index (κ1) is 23.2. The van der Waals surface area contributed by atoms with E-state index in [0.717, 1.165) is 11.0 Å². The third-order valence-corrected chi connectivity index (χ3v) is 7.09. The van der Waals surface area contributed by atoms with Crippen LogP contribution in [0.25, 0.3) is 0 Å². The summed E-state index contributed by atoms with van der Waals surface area (Å²) in [6.07, 6.45) is -11.5. The van der Waals surface area contributed by atoms with Crippen molar-refractivity contribution in [3.63, 3.8) is 0 Å². The average molecular weight is 473 g/mol. The first-order chi connectivity index (χ1) is 14.7. The number of alkyl halides is 9. The smallest absolute Gasteiger partial charge is 0.336 e. The van der Waals surface area contributed by atoms with Crippen LogP contribution < -0.4 is 0 Å². The number of likely N-dealkylation sites (tertiary alicyclic amines) is 1. The summed E-state index contributed by atoms with van der Waals surface area (Å²) in [6.45, 7) is -0.694. The van der Waals surface area contributed by atoms with Gasteiger partial charge in [-0.15, -0.1) is 0 Å². The molecule has 2 aliphatic carbocycles. The van der Waals surface area contributed by atoms with Crippen LogP contribution in [-0.4, -0.2) is 42.2 Å². The molecule has 0 aromatic heterocycles. The zero-order valence-electron chi connectivity index (χ0n) is 16.7. The van der Waals surface area contributed by atoms with Gasteiger partial charge in [0.25, 0.3) is 5.92 Å². The van der Waals surface area contributed by atoms with E-state index in [0.29, 0.717) is 37.0 Å². The number of fused-ring (bicyclic) bond motifs is 3. The molecule has 1 heterocycles. The van der Waals surface area contributed by atoms with Gasteiger partial charge in [-0.2, -0.15) is 26.3 Å². The second kappa shape index (κ2) is 7.28. The number of carbonyl (C=O) groups is 1. The van der Waals surface area contributed by atoms with Gasteiger partial charge in [0, 0.05) is 24.4 Å². The van der Waals surface area contributed by atoms with E-state index in [4.69, 9.17) is 0 Å². The fourth-order valence-electron chi connectivity index (χ4n) is 5.53. The van der Waals surface area contributed by atoms with Gasteiger partial charge in [-0.1, -0.05) is 18.2 Å². The molecule has 1 saturated carbocycles. The molecular formula is C21H20F9NO. The SMILES string of the molecule is O=C([C@@H]1CCC2c3ccc(C(F)(C(F)(F)F)C(F)(F)F)cc3CCC21)N1CCC(F)(F)C1. The quantitative estimate of drug-likeness (QED) is 0.490. The molecule has 1 saturated heterocycles. The molecule has 32 heavy (non-hydrogen) atoms. The van der Waals surface area contributed by atoms with E-state index in [2.05, 4.69) is 0 Å². The van der Waals surface area contributed by atoms with E-state index in [1.807, 2.05) is 0 Å². The van der Waals surface area contributed by atoms with E-state index < -0.39 is 48.4 Å². The number of hydrogen-bond acceptors (Lipinski definition) is 1. The Balaban J connectivity index is 1.60. The fourth-order valence-corrected chi connectivity index (χ4v) is 5.53. The highest BCUT2D eigenvalue weighted by molar-refractivity contribution is 5.80. The minimum absolute atomic E-state index is 0.0485. The van der Waals surface area contributed by atoms with Gasteiger partial charge in [-0.25, -0.2) is 13.2 Å². The van der Waals surface area contributed by atoms with Crippen molar-refractivity contribution in [2.45, 2.75) is 62.0 Å². The van der Waals surface area contributed by atoms with Crippen molar-refractivity contribution in [1.82, 2.24) is 4.90 Å². The van der Waals surface area contributed by atoms with Crippen LogP contribution in [0.1, 0.15) is 48.3 Å². The Hall–Kier alpha value is -1.94. The van der Waals surface area contributed by atoms with Gasteiger partial charge in [-0.3, -0.25) is 4.79 Å². The highest BCUT2D eigenvalue weighted by atomic mass is 19.4. The summed E-state index contributed by atoms with van der Waals surface area (Å²) in [6, 6.07) is 2.23. The maximum atomic E-state index is 14.4. The highest BCUT2D eigenvalue weighted by Gasteiger charge is 2.73. The zero-order valence-corrected chi connectivity index (χ0v) is 16.7. The van der Waals surface area contributed by atoms with Crippen LogP contribution in [0, 0.1) is 11.8 Å². The van der Waals surface area contributed by atoms with Crippen molar-refractivity contribution < 1.29 is 44.3 Å². The number of amides is 1. The van der Waals surface area contributed by atoms with Gasteiger partial charge in [0.05, 0.1) is 6.54 Å². The predicted octanol–water partition coefficient (Wildman–Crippen LogP) is 5.90. The summed E-state index contributed by atoms with van der Waals surface area (Å²) in [5, 5.41) is 0. The van der Waals surface area contributed by atoms with Gasteiger partial charge >= 0.3 is 18.0 Å². The van der Waals surface area contributed by atoms with Gasteiger partial charge < -0.3 is 4.90 Å². The lowest BCUT2D eigenvalue weighted by Crippen LogP contribution is -2.50. The fraction of sp³-hybridized carbons (Fsp3) is 0.667. The molecule has 2 nitrogen and oxygen atoms in total. The third kappa shape index (κ3) is 3.55. The molecule has 0 radical (unpaired) electrons. The molecule has 1 aromatic rings. The van der Waals surface area contributed by atoms with E-state index in [9.17, 15) is 44.3 Å². The molecule has 2 fully saturated rings. The summed E-state index contributed by atoms with van der Waals surface area (Å²) in [5.74, 6) is -4.37. The number of halogens is 9. The van der Waals surface area contributed by atoms with Crippen molar-refractivity contribution >= 4 is 5.91 Å². The number of nitrogens with zero attached hydrogens (tertiary/aromatic N) is 1. The summed E-state index contributed by atoms with van der Waals surface area (Å²) in [4.78, 5) is 13.9. The van der Waals surface area contributed by atoms with Gasteiger partial charge in [0.2, 0.25) is 5.91 Å². The Morgan fingerprint density at radius 2 is 1.62 bits per heavy atom. The van der Waals surface area contributed by atoms with E-state index in [1.54, 1.807) is 0 Å². The van der Waals surface area contributed by atoms with Crippen LogP contribution >= 0.6 is 0 Å². The molecule has 3 aliphatic rings. The number of aryl methyl sites for hydroxylation is 1. The lowest BCUT2D eigenvalue weighted by atomic mass is 9.73. The molecule has 1 aliphatic heterocycles. The Bertz CT molecular complexity index is 894. The largest absolute Gasteiger partial charge is 0.435 e. The normalized spacial score (nSPS) is 27.9. The molecule has 0 N–H and O–H groups in total. The van der Waals surface area contributed by atoms with Crippen LogP contribution in [0.4, 0.5) is 39.5 Å². The number of rotatable bonds is 2. The van der Waals surface area contributed by atoms with Crippen molar-refractivity contribution in [3.05, 3.63) is 34.9 Å². The number of benzene rings is 1. The summed E-state index contributed by atoms with van der Waals surface area (Å²) < 4.78 is 120. The van der Waals surface area contributed by atoms with Gasteiger partial charge in [-0.05, 0) is 48.6 Å². The lowest BCUT2D eigenvalue weighted by Gasteiger charge is -2.35. The average Bonchev–Trinajstić information content (AvgIpc) is 3.27.